The van der Waals surface area contributed by atoms with Gasteiger partial charge in [0, 0.05) is 21.4 Å². The third kappa shape index (κ3) is 4.15. The van der Waals surface area contributed by atoms with E-state index in [-0.39, 0.29) is 11.9 Å². The Morgan fingerprint density at radius 2 is 1.35 bits per heavy atom. The molecule has 5 heteroatoms. The molecule has 1 atom stereocenters. The maximum Gasteiger partial charge on any atom is 0.246 e. The molecule has 2 aromatic rings. The quantitative estimate of drug-likeness (QED) is 0.877. The molecule has 0 aliphatic carbocycles. The van der Waals surface area contributed by atoms with Crippen LogP contribution in [0.2, 0.25) is 10.0 Å². The first kappa shape index (κ1) is 14.7. The summed E-state index contributed by atoms with van der Waals surface area (Å²) in [6.07, 6.45) is 0. The summed E-state index contributed by atoms with van der Waals surface area (Å²) in [5, 5.41) is 7.21. The Balaban J connectivity index is 1.94. The van der Waals surface area contributed by atoms with Gasteiger partial charge in [0.25, 0.3) is 0 Å². The number of benzene rings is 2. The molecule has 104 valence electrons. The smallest absolute Gasteiger partial charge is 0.246 e. The fourth-order valence-corrected chi connectivity index (χ4v) is 1.90. The largest absolute Gasteiger partial charge is 0.374 e. The van der Waals surface area contributed by atoms with Crippen molar-refractivity contribution in [3.05, 3.63) is 58.6 Å². The van der Waals surface area contributed by atoms with Crippen LogP contribution in [0.15, 0.2) is 48.5 Å². The van der Waals surface area contributed by atoms with Crippen LogP contribution in [-0.4, -0.2) is 11.9 Å². The van der Waals surface area contributed by atoms with Gasteiger partial charge in [-0.25, -0.2) is 0 Å². The molecule has 0 aromatic heterocycles. The van der Waals surface area contributed by atoms with Gasteiger partial charge in [-0.05, 0) is 55.5 Å². The van der Waals surface area contributed by atoms with E-state index in [4.69, 9.17) is 23.2 Å². The van der Waals surface area contributed by atoms with E-state index in [9.17, 15) is 4.79 Å². The highest BCUT2D eigenvalue weighted by Gasteiger charge is 2.12. The second kappa shape index (κ2) is 6.64. The van der Waals surface area contributed by atoms with E-state index in [1.54, 1.807) is 43.3 Å². The first-order chi connectivity index (χ1) is 9.54. The van der Waals surface area contributed by atoms with Crippen LogP contribution in [0.5, 0.6) is 0 Å². The van der Waals surface area contributed by atoms with Crippen LogP contribution in [0.25, 0.3) is 0 Å². The zero-order valence-electron chi connectivity index (χ0n) is 10.9. The van der Waals surface area contributed by atoms with Gasteiger partial charge in [-0.3, -0.25) is 4.79 Å². The van der Waals surface area contributed by atoms with Gasteiger partial charge in [-0.1, -0.05) is 23.2 Å². The molecule has 0 bridgehead atoms. The number of halogens is 2. The van der Waals surface area contributed by atoms with E-state index in [1.165, 1.54) is 0 Å². The lowest BCUT2D eigenvalue weighted by molar-refractivity contribution is -0.116. The van der Waals surface area contributed by atoms with E-state index in [1.807, 2.05) is 12.1 Å². The SMILES string of the molecule is C[C@@H](Nc1ccc(Cl)cc1)C(=O)Nc1ccc(Cl)cc1. The topological polar surface area (TPSA) is 41.1 Å². The lowest BCUT2D eigenvalue weighted by Crippen LogP contribution is -2.31. The van der Waals surface area contributed by atoms with Crippen LogP contribution in [0, 0.1) is 0 Å². The number of hydrogen-bond acceptors (Lipinski definition) is 2. The second-order valence-corrected chi connectivity index (χ2v) is 5.24. The summed E-state index contributed by atoms with van der Waals surface area (Å²) in [6, 6.07) is 13.8. The second-order valence-electron chi connectivity index (χ2n) is 4.37. The van der Waals surface area contributed by atoms with E-state index in [0.717, 1.165) is 5.69 Å². The van der Waals surface area contributed by atoms with Crippen molar-refractivity contribution in [2.24, 2.45) is 0 Å². The molecule has 2 rings (SSSR count). The molecule has 0 aliphatic rings. The molecule has 2 aromatic carbocycles. The van der Waals surface area contributed by atoms with Crippen LogP contribution < -0.4 is 10.6 Å². The lowest BCUT2D eigenvalue weighted by atomic mass is 10.2. The van der Waals surface area contributed by atoms with Crippen LogP contribution in [0.4, 0.5) is 11.4 Å². The molecule has 0 aliphatic heterocycles. The zero-order chi connectivity index (χ0) is 14.5. The summed E-state index contributed by atoms with van der Waals surface area (Å²) in [4.78, 5) is 12.0. The third-order valence-corrected chi connectivity index (χ3v) is 3.24. The molecule has 0 spiro atoms. The molecular weight excluding hydrogens is 295 g/mol. The molecular formula is C15H14Cl2N2O. The van der Waals surface area contributed by atoms with E-state index in [2.05, 4.69) is 10.6 Å². The first-order valence-electron chi connectivity index (χ1n) is 6.13. The van der Waals surface area contributed by atoms with E-state index < -0.39 is 0 Å². The van der Waals surface area contributed by atoms with Gasteiger partial charge in [-0.2, -0.15) is 0 Å². The Morgan fingerprint density at radius 3 is 1.85 bits per heavy atom. The maximum absolute atomic E-state index is 12.0. The summed E-state index contributed by atoms with van der Waals surface area (Å²) in [6.45, 7) is 1.79. The molecule has 0 heterocycles. The molecule has 20 heavy (non-hydrogen) atoms. The first-order valence-corrected chi connectivity index (χ1v) is 6.89. The predicted molar refractivity (Wildman–Crippen MR) is 84.6 cm³/mol. The van der Waals surface area contributed by atoms with Gasteiger partial charge in [-0.15, -0.1) is 0 Å². The number of hydrogen-bond donors (Lipinski definition) is 2. The number of carbonyl (C=O) groups excluding carboxylic acids is 1. The number of nitrogens with one attached hydrogen (secondary N) is 2. The van der Waals surface area contributed by atoms with Crippen molar-refractivity contribution >= 4 is 40.5 Å². The summed E-state index contributed by atoms with van der Waals surface area (Å²) in [5.41, 5.74) is 1.55. The molecule has 0 saturated heterocycles. The predicted octanol–water partition coefficient (Wildman–Crippen LogP) is 4.43. The minimum atomic E-state index is -0.369. The van der Waals surface area contributed by atoms with Crippen LogP contribution >= 0.6 is 23.2 Å². The number of amides is 1. The normalized spacial score (nSPS) is 11.8. The molecule has 2 N–H and O–H groups in total. The number of rotatable bonds is 4. The minimum Gasteiger partial charge on any atom is -0.374 e. The van der Waals surface area contributed by atoms with Crippen LogP contribution in [0.1, 0.15) is 6.92 Å². The van der Waals surface area contributed by atoms with Crippen molar-refractivity contribution in [1.82, 2.24) is 0 Å². The maximum atomic E-state index is 12.0. The average Bonchev–Trinajstić information content (AvgIpc) is 2.44. The standard InChI is InChI=1S/C15H14Cl2N2O/c1-10(18-13-6-2-11(16)3-7-13)15(20)19-14-8-4-12(17)5-9-14/h2-10,18H,1H3,(H,19,20)/t10-/m1/s1. The molecule has 0 fully saturated rings. The van der Waals surface area contributed by atoms with Crippen molar-refractivity contribution in [3.63, 3.8) is 0 Å². The Morgan fingerprint density at radius 1 is 0.900 bits per heavy atom. The van der Waals surface area contributed by atoms with Gasteiger partial charge >= 0.3 is 0 Å². The van der Waals surface area contributed by atoms with Crippen molar-refractivity contribution in [3.8, 4) is 0 Å². The third-order valence-electron chi connectivity index (χ3n) is 2.73. The van der Waals surface area contributed by atoms with Gasteiger partial charge in [0.2, 0.25) is 5.91 Å². The Kier molecular flexibility index (Phi) is 4.88. The highest BCUT2D eigenvalue weighted by Crippen LogP contribution is 2.16. The Hall–Kier alpha value is -1.71. The van der Waals surface area contributed by atoms with Crippen molar-refractivity contribution in [1.29, 1.82) is 0 Å². The monoisotopic (exact) mass is 308 g/mol. The van der Waals surface area contributed by atoms with Crippen LogP contribution in [0.3, 0.4) is 0 Å². The van der Waals surface area contributed by atoms with Gasteiger partial charge in [0.05, 0.1) is 0 Å². The summed E-state index contributed by atoms with van der Waals surface area (Å²) >= 11 is 11.6. The average molecular weight is 309 g/mol. The van der Waals surface area contributed by atoms with E-state index in [0.29, 0.717) is 15.7 Å². The number of carbonyl (C=O) groups is 1. The Labute approximate surface area is 127 Å². The van der Waals surface area contributed by atoms with Crippen molar-refractivity contribution < 1.29 is 4.79 Å². The van der Waals surface area contributed by atoms with Gasteiger partial charge in [0.1, 0.15) is 6.04 Å². The van der Waals surface area contributed by atoms with Crippen LogP contribution in [-0.2, 0) is 4.79 Å². The van der Waals surface area contributed by atoms with E-state index >= 15 is 0 Å². The highest BCUT2D eigenvalue weighted by atomic mass is 35.5. The van der Waals surface area contributed by atoms with Crippen molar-refractivity contribution in [2.75, 3.05) is 10.6 Å². The molecule has 0 saturated carbocycles. The lowest BCUT2D eigenvalue weighted by Gasteiger charge is -2.15. The highest BCUT2D eigenvalue weighted by molar-refractivity contribution is 6.30. The molecule has 3 nitrogen and oxygen atoms in total. The minimum absolute atomic E-state index is 0.123. The number of anilines is 2. The molecule has 0 unspecified atom stereocenters. The fourth-order valence-electron chi connectivity index (χ4n) is 1.65. The molecule has 1 amide bonds. The fraction of sp³-hybridized carbons (Fsp3) is 0.133. The summed E-state index contributed by atoms with van der Waals surface area (Å²) < 4.78 is 0. The molecule has 0 radical (unpaired) electrons. The zero-order valence-corrected chi connectivity index (χ0v) is 12.4. The Bertz CT molecular complexity index is 582. The summed E-state index contributed by atoms with van der Waals surface area (Å²) in [5.74, 6) is -0.123. The summed E-state index contributed by atoms with van der Waals surface area (Å²) in [7, 11) is 0. The van der Waals surface area contributed by atoms with Gasteiger partial charge in [0.15, 0.2) is 0 Å². The van der Waals surface area contributed by atoms with Gasteiger partial charge < -0.3 is 10.6 Å². The van der Waals surface area contributed by atoms with Crippen molar-refractivity contribution in [2.45, 2.75) is 13.0 Å².